The van der Waals surface area contributed by atoms with E-state index in [2.05, 4.69) is 13.2 Å². The number of hydrogen-bond acceptors (Lipinski definition) is 1. The van der Waals surface area contributed by atoms with Crippen LogP contribution in [0.25, 0.3) is 0 Å². The van der Waals surface area contributed by atoms with E-state index in [0.717, 1.165) is 5.70 Å². The number of carbonyl (C=O) groups is 1. The summed E-state index contributed by atoms with van der Waals surface area (Å²) in [6.07, 6.45) is 1.26. The summed E-state index contributed by atoms with van der Waals surface area (Å²) >= 11 is 0. The number of amides is 1. The second-order valence-electron chi connectivity index (χ2n) is 1.84. The number of hydrogen-bond donors (Lipinski definition) is 0. The Kier molecular flexibility index (Phi) is 8.10. The number of likely N-dealkylation sites (N-methyl/N-ethyl adjacent to an activating group) is 1. The minimum Gasteiger partial charge on any atom is -0.317 e. The quantitative estimate of drug-likeness (QED) is 0.560. The Morgan fingerprint density at radius 2 is 1.82 bits per heavy atom. The predicted octanol–water partition coefficient (Wildman–Crippen LogP) is 2.19. The minimum absolute atomic E-state index is 0.123. The summed E-state index contributed by atoms with van der Waals surface area (Å²) in [5.41, 5.74) is 0.722. The van der Waals surface area contributed by atoms with Crippen LogP contribution >= 0.6 is 0 Å². The van der Waals surface area contributed by atoms with E-state index in [1.165, 1.54) is 11.0 Å². The third-order valence-electron chi connectivity index (χ3n) is 1.08. The topological polar surface area (TPSA) is 20.3 Å². The standard InChI is InChI=1S/C7H11NO.C2H6/c1-5-7(9)8(4)6(2)3;1-2/h5H,1-2H2,3-4H3;1-2H3. The SMILES string of the molecule is C=CC(=O)N(C)C(=C)C.CC. The first-order valence-electron chi connectivity index (χ1n) is 3.65. The monoisotopic (exact) mass is 155 g/mol. The van der Waals surface area contributed by atoms with E-state index in [1.54, 1.807) is 14.0 Å². The largest absolute Gasteiger partial charge is 0.317 e. The molecule has 0 rings (SSSR count). The summed E-state index contributed by atoms with van der Waals surface area (Å²) in [4.78, 5) is 12.1. The summed E-state index contributed by atoms with van der Waals surface area (Å²) in [5, 5.41) is 0. The van der Waals surface area contributed by atoms with Gasteiger partial charge in [-0.1, -0.05) is 27.0 Å². The molecule has 0 aromatic heterocycles. The van der Waals surface area contributed by atoms with Crippen molar-refractivity contribution in [1.82, 2.24) is 4.90 Å². The lowest BCUT2D eigenvalue weighted by Crippen LogP contribution is -2.21. The summed E-state index contributed by atoms with van der Waals surface area (Å²) in [6.45, 7) is 12.7. The van der Waals surface area contributed by atoms with E-state index in [9.17, 15) is 4.79 Å². The molecule has 1 amide bonds. The molecule has 11 heavy (non-hydrogen) atoms. The van der Waals surface area contributed by atoms with Crippen molar-refractivity contribution in [3.05, 3.63) is 24.9 Å². The zero-order valence-corrected chi connectivity index (χ0v) is 7.85. The molecule has 0 aliphatic carbocycles. The molecule has 0 atom stereocenters. The first-order valence-corrected chi connectivity index (χ1v) is 3.65. The van der Waals surface area contributed by atoms with Crippen molar-refractivity contribution in [2.24, 2.45) is 0 Å². The van der Waals surface area contributed by atoms with Crippen molar-refractivity contribution >= 4 is 5.91 Å². The first kappa shape index (κ1) is 12.6. The molecule has 0 aromatic rings. The van der Waals surface area contributed by atoms with Crippen LogP contribution in [0.3, 0.4) is 0 Å². The van der Waals surface area contributed by atoms with Gasteiger partial charge in [-0.25, -0.2) is 0 Å². The Labute approximate surface area is 69.2 Å². The Balaban J connectivity index is 0. The van der Waals surface area contributed by atoms with Crippen LogP contribution in [-0.2, 0) is 4.79 Å². The molecule has 0 aliphatic heterocycles. The van der Waals surface area contributed by atoms with Crippen molar-refractivity contribution < 1.29 is 4.79 Å². The molecule has 0 heterocycles. The average molecular weight is 155 g/mol. The van der Waals surface area contributed by atoms with Gasteiger partial charge in [-0.05, 0) is 13.0 Å². The Hall–Kier alpha value is -1.05. The van der Waals surface area contributed by atoms with Gasteiger partial charge in [0.1, 0.15) is 0 Å². The fourth-order valence-corrected chi connectivity index (χ4v) is 0.325. The minimum atomic E-state index is -0.123. The maximum Gasteiger partial charge on any atom is 0.249 e. The van der Waals surface area contributed by atoms with E-state index in [4.69, 9.17) is 0 Å². The van der Waals surface area contributed by atoms with Crippen molar-refractivity contribution in [3.8, 4) is 0 Å². The molecule has 0 radical (unpaired) electrons. The van der Waals surface area contributed by atoms with E-state index >= 15 is 0 Å². The van der Waals surface area contributed by atoms with Crippen LogP contribution in [0.1, 0.15) is 20.8 Å². The highest BCUT2D eigenvalue weighted by Crippen LogP contribution is 1.95. The van der Waals surface area contributed by atoms with Gasteiger partial charge < -0.3 is 4.90 Å². The highest BCUT2D eigenvalue weighted by atomic mass is 16.2. The molecule has 0 aromatic carbocycles. The van der Waals surface area contributed by atoms with Gasteiger partial charge in [-0.2, -0.15) is 0 Å². The van der Waals surface area contributed by atoms with E-state index in [1.807, 2.05) is 13.8 Å². The number of nitrogens with zero attached hydrogens (tertiary/aromatic N) is 1. The molecule has 0 spiro atoms. The third-order valence-corrected chi connectivity index (χ3v) is 1.08. The number of allylic oxidation sites excluding steroid dienone is 1. The average Bonchev–Trinajstić information content (AvgIpc) is 2.05. The first-order chi connectivity index (χ1) is 5.09. The van der Waals surface area contributed by atoms with Crippen LogP contribution in [0.4, 0.5) is 0 Å². The van der Waals surface area contributed by atoms with E-state index < -0.39 is 0 Å². The molecule has 2 nitrogen and oxygen atoms in total. The van der Waals surface area contributed by atoms with Crippen LogP contribution in [0, 0.1) is 0 Å². The summed E-state index contributed by atoms with van der Waals surface area (Å²) in [5.74, 6) is -0.123. The molecule has 2 heteroatoms. The Morgan fingerprint density at radius 1 is 1.45 bits per heavy atom. The normalized spacial score (nSPS) is 7.27. The van der Waals surface area contributed by atoms with Gasteiger partial charge in [-0.15, -0.1) is 0 Å². The van der Waals surface area contributed by atoms with E-state index in [0.29, 0.717) is 0 Å². The van der Waals surface area contributed by atoms with Gasteiger partial charge in [0.2, 0.25) is 5.91 Å². The lowest BCUT2D eigenvalue weighted by molar-refractivity contribution is -0.123. The van der Waals surface area contributed by atoms with Crippen molar-refractivity contribution in [2.75, 3.05) is 7.05 Å². The zero-order chi connectivity index (χ0) is 9.44. The van der Waals surface area contributed by atoms with Crippen LogP contribution in [0.2, 0.25) is 0 Å². The maximum atomic E-state index is 10.7. The van der Waals surface area contributed by atoms with Gasteiger partial charge in [0.25, 0.3) is 0 Å². The molecule has 0 saturated carbocycles. The third kappa shape index (κ3) is 5.40. The van der Waals surface area contributed by atoms with Gasteiger partial charge in [-0.3, -0.25) is 4.79 Å². The highest BCUT2D eigenvalue weighted by molar-refractivity contribution is 5.87. The van der Waals surface area contributed by atoms with Crippen molar-refractivity contribution in [1.29, 1.82) is 0 Å². The molecule has 0 saturated heterocycles. The van der Waals surface area contributed by atoms with Crippen molar-refractivity contribution in [2.45, 2.75) is 20.8 Å². The van der Waals surface area contributed by atoms with Gasteiger partial charge in [0.15, 0.2) is 0 Å². The Bertz CT molecular complexity index is 150. The fraction of sp³-hybridized carbons (Fsp3) is 0.444. The smallest absolute Gasteiger partial charge is 0.249 e. The molecule has 0 aliphatic rings. The fourth-order valence-electron chi connectivity index (χ4n) is 0.325. The molecule has 0 fully saturated rings. The number of rotatable bonds is 2. The molecular formula is C9H17NO. The predicted molar refractivity (Wildman–Crippen MR) is 49.1 cm³/mol. The zero-order valence-electron chi connectivity index (χ0n) is 7.85. The molecule has 0 unspecified atom stereocenters. The summed E-state index contributed by atoms with van der Waals surface area (Å²) in [7, 11) is 1.66. The highest BCUT2D eigenvalue weighted by Gasteiger charge is 2.01. The van der Waals surface area contributed by atoms with Crippen LogP contribution in [0.15, 0.2) is 24.9 Å². The van der Waals surface area contributed by atoms with Gasteiger partial charge in [0.05, 0.1) is 0 Å². The second-order valence-corrected chi connectivity index (χ2v) is 1.84. The summed E-state index contributed by atoms with van der Waals surface area (Å²) < 4.78 is 0. The van der Waals surface area contributed by atoms with E-state index in [-0.39, 0.29) is 5.91 Å². The molecule has 0 N–H and O–H groups in total. The van der Waals surface area contributed by atoms with Crippen molar-refractivity contribution in [3.63, 3.8) is 0 Å². The molecule has 0 bridgehead atoms. The molecule has 64 valence electrons. The second kappa shape index (κ2) is 7.06. The summed E-state index contributed by atoms with van der Waals surface area (Å²) in [6, 6.07) is 0. The molecular weight excluding hydrogens is 138 g/mol. The van der Waals surface area contributed by atoms with Crippen LogP contribution in [0.5, 0.6) is 0 Å². The maximum absolute atomic E-state index is 10.7. The van der Waals surface area contributed by atoms with Crippen LogP contribution < -0.4 is 0 Å². The Morgan fingerprint density at radius 3 is 1.91 bits per heavy atom. The lowest BCUT2D eigenvalue weighted by Gasteiger charge is -2.12. The lowest BCUT2D eigenvalue weighted by atomic mass is 10.4. The van der Waals surface area contributed by atoms with Crippen LogP contribution in [-0.4, -0.2) is 17.9 Å². The number of carbonyl (C=O) groups excluding carboxylic acids is 1. The van der Waals surface area contributed by atoms with Gasteiger partial charge in [0, 0.05) is 12.7 Å². The van der Waals surface area contributed by atoms with Gasteiger partial charge >= 0.3 is 0 Å².